The molecule has 0 saturated carbocycles. The average Bonchev–Trinajstić information content (AvgIpc) is 3.07. The molecule has 1 aliphatic carbocycles. The fourth-order valence-corrected chi connectivity index (χ4v) is 5.00. The van der Waals surface area contributed by atoms with E-state index >= 15 is 0 Å². The lowest BCUT2D eigenvalue weighted by Gasteiger charge is -2.36. The zero-order valence-electron chi connectivity index (χ0n) is 14.2. The molecular formula is C18H25N5S. The van der Waals surface area contributed by atoms with Crippen molar-refractivity contribution in [2.45, 2.75) is 57.5 Å². The molecule has 1 fully saturated rings. The fourth-order valence-electron chi connectivity index (χ4n) is 3.85. The van der Waals surface area contributed by atoms with Gasteiger partial charge in [-0.05, 0) is 50.7 Å². The zero-order chi connectivity index (χ0) is 16.4. The maximum atomic E-state index is 4.82. The molecule has 128 valence electrons. The van der Waals surface area contributed by atoms with Crippen molar-refractivity contribution in [1.82, 2.24) is 20.5 Å². The Balaban J connectivity index is 1.45. The van der Waals surface area contributed by atoms with Gasteiger partial charge in [-0.1, -0.05) is 6.92 Å². The molecule has 5 nitrogen and oxygen atoms in total. The number of nitrogens with zero attached hydrogens (tertiary/aromatic N) is 4. The highest BCUT2D eigenvalue weighted by molar-refractivity contribution is 7.11. The van der Waals surface area contributed by atoms with E-state index in [0.717, 1.165) is 31.7 Å². The quantitative estimate of drug-likeness (QED) is 0.924. The summed E-state index contributed by atoms with van der Waals surface area (Å²) in [7, 11) is 0. The van der Waals surface area contributed by atoms with Gasteiger partial charge in [0.2, 0.25) is 0 Å². The summed E-state index contributed by atoms with van der Waals surface area (Å²) in [5.41, 5.74) is 1.35. The molecular weight excluding hydrogens is 318 g/mol. The summed E-state index contributed by atoms with van der Waals surface area (Å²) < 4.78 is 0. The van der Waals surface area contributed by atoms with E-state index in [1.54, 1.807) is 6.20 Å². The highest BCUT2D eigenvalue weighted by Crippen LogP contribution is 2.35. The highest BCUT2D eigenvalue weighted by atomic mass is 32.1. The molecule has 1 saturated heterocycles. The molecule has 1 N–H and O–H groups in total. The van der Waals surface area contributed by atoms with Crippen molar-refractivity contribution in [3.63, 3.8) is 0 Å². The zero-order valence-corrected chi connectivity index (χ0v) is 15.1. The number of anilines is 1. The van der Waals surface area contributed by atoms with E-state index in [1.165, 1.54) is 41.3 Å². The van der Waals surface area contributed by atoms with Gasteiger partial charge in [0.25, 0.3) is 0 Å². The van der Waals surface area contributed by atoms with Crippen LogP contribution in [0.15, 0.2) is 18.3 Å². The van der Waals surface area contributed by atoms with Crippen LogP contribution in [0.25, 0.3) is 0 Å². The molecule has 4 rings (SSSR count). The Labute approximate surface area is 147 Å². The van der Waals surface area contributed by atoms with E-state index in [1.807, 2.05) is 17.4 Å². The van der Waals surface area contributed by atoms with Crippen LogP contribution in [0.5, 0.6) is 0 Å². The number of thiazole rings is 1. The summed E-state index contributed by atoms with van der Waals surface area (Å²) in [6, 6.07) is 5.03. The van der Waals surface area contributed by atoms with Crippen molar-refractivity contribution in [2.24, 2.45) is 0 Å². The van der Waals surface area contributed by atoms with Crippen LogP contribution < -0.4 is 10.2 Å². The number of nitrogens with one attached hydrogen (secondary N) is 1. The first-order valence-electron chi connectivity index (χ1n) is 9.10. The number of aromatic nitrogens is 3. The SMILES string of the molecule is CCc1nc2c(s1)[C@H](N[C@H]1CCCN(c3cccnn3)C1)CCC2. The second-order valence-electron chi connectivity index (χ2n) is 6.75. The molecule has 2 aromatic rings. The van der Waals surface area contributed by atoms with Crippen LogP contribution in [0.4, 0.5) is 5.82 Å². The van der Waals surface area contributed by atoms with Gasteiger partial charge in [-0.3, -0.25) is 0 Å². The van der Waals surface area contributed by atoms with E-state index in [2.05, 4.69) is 33.4 Å². The largest absolute Gasteiger partial charge is 0.354 e. The van der Waals surface area contributed by atoms with Gasteiger partial charge in [0.15, 0.2) is 5.82 Å². The molecule has 0 radical (unpaired) electrons. The first kappa shape index (κ1) is 16.0. The molecule has 0 bridgehead atoms. The van der Waals surface area contributed by atoms with Crippen LogP contribution >= 0.6 is 11.3 Å². The predicted molar refractivity (Wildman–Crippen MR) is 97.6 cm³/mol. The standard InChI is InChI=1S/C18H25N5S/c1-2-17-21-15-8-3-7-14(18(15)24-17)20-13-6-5-11-23(12-13)16-9-4-10-19-22-16/h4,9-10,13-14,20H,2-3,5-8,11-12H2,1H3/t13-,14+/m0/s1. The van der Waals surface area contributed by atoms with Crippen molar-refractivity contribution in [1.29, 1.82) is 0 Å². The van der Waals surface area contributed by atoms with Crippen LogP contribution in [0.1, 0.15) is 54.2 Å². The van der Waals surface area contributed by atoms with Gasteiger partial charge in [-0.15, -0.1) is 16.4 Å². The third kappa shape index (κ3) is 3.30. The first-order chi connectivity index (χ1) is 11.8. The molecule has 3 heterocycles. The number of piperidine rings is 1. The maximum absolute atomic E-state index is 4.82. The van der Waals surface area contributed by atoms with Gasteiger partial charge < -0.3 is 10.2 Å². The van der Waals surface area contributed by atoms with Gasteiger partial charge >= 0.3 is 0 Å². The number of rotatable bonds is 4. The normalized spacial score (nSPS) is 24.0. The van der Waals surface area contributed by atoms with Gasteiger partial charge in [0.1, 0.15) is 0 Å². The van der Waals surface area contributed by atoms with Crippen molar-refractivity contribution in [2.75, 3.05) is 18.0 Å². The number of fused-ring (bicyclic) bond motifs is 1. The Kier molecular flexibility index (Phi) is 4.76. The molecule has 0 spiro atoms. The molecule has 2 atom stereocenters. The van der Waals surface area contributed by atoms with Crippen LogP contribution in [-0.4, -0.2) is 34.3 Å². The smallest absolute Gasteiger partial charge is 0.151 e. The van der Waals surface area contributed by atoms with Crippen LogP contribution in [-0.2, 0) is 12.8 Å². The predicted octanol–water partition coefficient (Wildman–Crippen LogP) is 3.13. The van der Waals surface area contributed by atoms with Crippen LogP contribution in [0.2, 0.25) is 0 Å². The highest BCUT2D eigenvalue weighted by Gasteiger charge is 2.28. The molecule has 1 aliphatic heterocycles. The van der Waals surface area contributed by atoms with E-state index in [-0.39, 0.29) is 0 Å². The van der Waals surface area contributed by atoms with Crippen LogP contribution in [0, 0.1) is 0 Å². The van der Waals surface area contributed by atoms with Crippen molar-refractivity contribution in [3.05, 3.63) is 33.9 Å². The topological polar surface area (TPSA) is 53.9 Å². The lowest BCUT2D eigenvalue weighted by molar-refractivity contribution is 0.354. The summed E-state index contributed by atoms with van der Waals surface area (Å²) in [4.78, 5) is 8.68. The molecule has 0 unspecified atom stereocenters. The molecule has 0 amide bonds. The van der Waals surface area contributed by atoms with Crippen molar-refractivity contribution >= 4 is 17.2 Å². The van der Waals surface area contributed by atoms with E-state index in [9.17, 15) is 0 Å². The second kappa shape index (κ2) is 7.15. The lowest BCUT2D eigenvalue weighted by atomic mass is 9.96. The van der Waals surface area contributed by atoms with E-state index in [4.69, 9.17) is 4.98 Å². The molecule has 6 heteroatoms. The Bertz CT molecular complexity index is 671. The number of aryl methyl sites for hydroxylation is 2. The third-order valence-electron chi connectivity index (χ3n) is 5.04. The summed E-state index contributed by atoms with van der Waals surface area (Å²) in [5.74, 6) is 0.999. The second-order valence-corrected chi connectivity index (χ2v) is 7.87. The van der Waals surface area contributed by atoms with Crippen molar-refractivity contribution in [3.8, 4) is 0 Å². The van der Waals surface area contributed by atoms with Gasteiger partial charge in [0, 0.05) is 36.2 Å². The molecule has 2 aromatic heterocycles. The summed E-state index contributed by atoms with van der Waals surface area (Å²) >= 11 is 1.92. The summed E-state index contributed by atoms with van der Waals surface area (Å²) in [6.45, 7) is 4.30. The minimum absolute atomic E-state index is 0.485. The Morgan fingerprint density at radius 2 is 2.29 bits per heavy atom. The molecule has 0 aromatic carbocycles. The average molecular weight is 344 g/mol. The minimum atomic E-state index is 0.485. The Hall–Kier alpha value is -1.53. The lowest BCUT2D eigenvalue weighted by Crippen LogP contribution is -2.47. The van der Waals surface area contributed by atoms with E-state index in [0.29, 0.717) is 12.1 Å². The maximum Gasteiger partial charge on any atom is 0.151 e. The van der Waals surface area contributed by atoms with E-state index < -0.39 is 0 Å². The Morgan fingerprint density at radius 3 is 3.12 bits per heavy atom. The van der Waals surface area contributed by atoms with Crippen LogP contribution in [0.3, 0.4) is 0 Å². The Morgan fingerprint density at radius 1 is 1.33 bits per heavy atom. The molecule has 24 heavy (non-hydrogen) atoms. The number of hydrogen-bond acceptors (Lipinski definition) is 6. The van der Waals surface area contributed by atoms with Crippen molar-refractivity contribution < 1.29 is 0 Å². The third-order valence-corrected chi connectivity index (χ3v) is 6.39. The van der Waals surface area contributed by atoms with Gasteiger partial charge in [-0.25, -0.2) is 4.98 Å². The fraction of sp³-hybridized carbons (Fsp3) is 0.611. The minimum Gasteiger partial charge on any atom is -0.354 e. The summed E-state index contributed by atoms with van der Waals surface area (Å²) in [5, 5.41) is 13.5. The summed E-state index contributed by atoms with van der Waals surface area (Å²) in [6.07, 6.45) is 8.87. The molecule has 2 aliphatic rings. The number of hydrogen-bond donors (Lipinski definition) is 1. The first-order valence-corrected chi connectivity index (χ1v) is 9.92. The monoisotopic (exact) mass is 343 g/mol. The van der Waals surface area contributed by atoms with Gasteiger partial charge in [-0.2, -0.15) is 5.10 Å². The van der Waals surface area contributed by atoms with Gasteiger partial charge in [0.05, 0.1) is 10.7 Å².